The highest BCUT2D eigenvalue weighted by Gasteiger charge is 2.26. The van der Waals surface area contributed by atoms with E-state index in [0.29, 0.717) is 5.70 Å². The first-order valence-corrected chi connectivity index (χ1v) is 10.9. The van der Waals surface area contributed by atoms with Crippen molar-refractivity contribution < 1.29 is 9.90 Å². The number of benzene rings is 1. The van der Waals surface area contributed by atoms with Crippen LogP contribution in [-0.4, -0.2) is 61.8 Å². The molecule has 1 fully saturated rings. The monoisotopic (exact) mass is 404 g/mol. The van der Waals surface area contributed by atoms with Gasteiger partial charge in [-0.25, -0.2) is 0 Å². The molecule has 0 aromatic heterocycles. The zero-order chi connectivity index (χ0) is 21.8. The Morgan fingerprint density at radius 1 is 1.28 bits per heavy atom. The number of hydrogen-bond donors (Lipinski definition) is 3. The zero-order valence-corrected chi connectivity index (χ0v) is 18.9. The Balaban J connectivity index is 0.00000204. The number of carbonyl (C=O) groups is 1. The van der Waals surface area contributed by atoms with Crippen LogP contribution in [0.25, 0.3) is 0 Å². The number of aliphatic hydroxyl groups excluding tert-OH is 1. The first-order valence-electron chi connectivity index (χ1n) is 10.9. The van der Waals surface area contributed by atoms with Crippen molar-refractivity contribution >= 4 is 17.3 Å². The van der Waals surface area contributed by atoms with Crippen molar-refractivity contribution in [3.63, 3.8) is 0 Å². The lowest BCUT2D eigenvalue weighted by Gasteiger charge is -2.29. The van der Waals surface area contributed by atoms with Crippen LogP contribution in [0.15, 0.2) is 36.5 Å². The smallest absolute Gasteiger partial charge is 0.230 e. The molecule has 164 valence electrons. The molecule has 3 N–H and O–H groups in total. The minimum absolute atomic E-state index is 0.206. The molecule has 1 aliphatic rings. The number of nitrogens with zero attached hydrogens (tertiary/aromatic N) is 2. The third-order valence-electron chi connectivity index (χ3n) is 5.18. The molecular weight excluding hydrogens is 364 g/mol. The number of amides is 1. The highest BCUT2D eigenvalue weighted by atomic mass is 16.3. The summed E-state index contributed by atoms with van der Waals surface area (Å²) in [6, 6.07) is 7.88. The number of likely N-dealkylation sites (N-methyl/N-ethyl adjacent to an activating group) is 1. The molecular formula is C23H40N4O2. The van der Waals surface area contributed by atoms with Crippen molar-refractivity contribution in [2.24, 2.45) is 5.92 Å². The fourth-order valence-electron chi connectivity index (χ4n) is 3.13. The van der Waals surface area contributed by atoms with Gasteiger partial charge >= 0.3 is 0 Å². The Morgan fingerprint density at radius 3 is 2.41 bits per heavy atom. The van der Waals surface area contributed by atoms with E-state index in [1.165, 1.54) is 0 Å². The molecule has 1 aromatic rings. The molecule has 2 unspecified atom stereocenters. The fraction of sp³-hybridized carbons (Fsp3) is 0.609. The van der Waals surface area contributed by atoms with Crippen molar-refractivity contribution in [3.05, 3.63) is 36.5 Å². The number of hydrogen-bond acceptors (Lipinski definition) is 5. The van der Waals surface area contributed by atoms with Crippen LogP contribution in [0.5, 0.6) is 0 Å². The summed E-state index contributed by atoms with van der Waals surface area (Å²) in [7, 11) is 1.90. The van der Waals surface area contributed by atoms with Crippen LogP contribution in [0.1, 0.15) is 40.5 Å². The Labute approximate surface area is 177 Å². The molecule has 0 radical (unpaired) electrons. The molecule has 1 amide bonds. The summed E-state index contributed by atoms with van der Waals surface area (Å²) in [5, 5.41) is 16.7. The third kappa shape index (κ3) is 7.71. The van der Waals surface area contributed by atoms with E-state index >= 15 is 0 Å². The summed E-state index contributed by atoms with van der Waals surface area (Å²) < 4.78 is 0. The summed E-state index contributed by atoms with van der Waals surface area (Å²) in [6.45, 7) is 16.6. The molecule has 1 aromatic carbocycles. The summed E-state index contributed by atoms with van der Waals surface area (Å²) in [6.07, 6.45) is 1.21. The predicted octanol–water partition coefficient (Wildman–Crippen LogP) is 3.30. The first kappa shape index (κ1) is 25.0. The van der Waals surface area contributed by atoms with Crippen LogP contribution in [0, 0.1) is 5.92 Å². The molecule has 6 nitrogen and oxygen atoms in total. The van der Waals surface area contributed by atoms with Gasteiger partial charge in [0, 0.05) is 56.8 Å². The lowest BCUT2D eigenvalue weighted by atomic mass is 10.0. The SMILES string of the molecule is C=C(C(O)C(C)C(=O)Nc1ccc(N2CCNCC2)cc1)N(C)CCCC.CC. The predicted molar refractivity (Wildman–Crippen MR) is 123 cm³/mol. The lowest BCUT2D eigenvalue weighted by Crippen LogP contribution is -2.43. The number of aliphatic hydroxyl groups is 1. The quantitative estimate of drug-likeness (QED) is 0.589. The molecule has 0 spiro atoms. The van der Waals surface area contributed by atoms with E-state index in [9.17, 15) is 9.90 Å². The van der Waals surface area contributed by atoms with Crippen molar-refractivity contribution in [1.82, 2.24) is 10.2 Å². The largest absolute Gasteiger partial charge is 0.386 e. The van der Waals surface area contributed by atoms with Gasteiger partial charge in [0.05, 0.1) is 5.92 Å². The van der Waals surface area contributed by atoms with E-state index in [0.717, 1.165) is 56.9 Å². The Morgan fingerprint density at radius 2 is 1.86 bits per heavy atom. The summed E-state index contributed by atoms with van der Waals surface area (Å²) in [4.78, 5) is 16.8. The first-order chi connectivity index (χ1) is 13.9. The van der Waals surface area contributed by atoms with Crippen LogP contribution in [0.3, 0.4) is 0 Å². The topological polar surface area (TPSA) is 67.8 Å². The van der Waals surface area contributed by atoms with Gasteiger partial charge in [-0.1, -0.05) is 40.7 Å². The second-order valence-corrected chi connectivity index (χ2v) is 7.27. The van der Waals surface area contributed by atoms with Crippen LogP contribution in [0.2, 0.25) is 0 Å². The second kappa shape index (κ2) is 13.2. The number of nitrogens with one attached hydrogen (secondary N) is 2. The number of carbonyl (C=O) groups excluding carboxylic acids is 1. The molecule has 0 aliphatic carbocycles. The average Bonchev–Trinajstić information content (AvgIpc) is 2.78. The van der Waals surface area contributed by atoms with Gasteiger partial charge in [0.1, 0.15) is 6.10 Å². The van der Waals surface area contributed by atoms with Gasteiger partial charge < -0.3 is 25.5 Å². The van der Waals surface area contributed by atoms with Crippen LogP contribution in [-0.2, 0) is 4.79 Å². The van der Waals surface area contributed by atoms with Gasteiger partial charge in [-0.15, -0.1) is 0 Å². The number of rotatable bonds is 9. The molecule has 29 heavy (non-hydrogen) atoms. The molecule has 1 heterocycles. The standard InChI is InChI=1S/C21H34N4O2.C2H6/c1-5-6-13-24(4)17(3)20(26)16(2)21(27)23-18-7-9-19(10-8-18)25-14-11-22-12-15-25;1-2/h7-10,16,20,22,26H,3,5-6,11-15H2,1-2,4H3,(H,23,27);1-2H3. The zero-order valence-electron chi connectivity index (χ0n) is 18.9. The van der Waals surface area contributed by atoms with Gasteiger partial charge in [0.2, 0.25) is 5.91 Å². The molecule has 2 atom stereocenters. The van der Waals surface area contributed by atoms with Gasteiger partial charge in [-0.3, -0.25) is 4.79 Å². The lowest BCUT2D eigenvalue weighted by molar-refractivity contribution is -0.122. The maximum Gasteiger partial charge on any atom is 0.230 e. The molecule has 0 bridgehead atoms. The number of piperazine rings is 1. The second-order valence-electron chi connectivity index (χ2n) is 7.27. The van der Waals surface area contributed by atoms with Gasteiger partial charge in [-0.2, -0.15) is 0 Å². The highest BCUT2D eigenvalue weighted by molar-refractivity contribution is 5.93. The van der Waals surface area contributed by atoms with Crippen molar-refractivity contribution in [3.8, 4) is 0 Å². The molecule has 2 rings (SSSR count). The summed E-state index contributed by atoms with van der Waals surface area (Å²) in [5.41, 5.74) is 2.48. The maximum atomic E-state index is 12.5. The van der Waals surface area contributed by atoms with E-state index in [1.54, 1.807) is 6.92 Å². The van der Waals surface area contributed by atoms with Crippen molar-refractivity contribution in [2.45, 2.75) is 46.6 Å². The van der Waals surface area contributed by atoms with Gasteiger partial charge in [-0.05, 0) is 30.7 Å². The minimum Gasteiger partial charge on any atom is -0.386 e. The fourth-order valence-corrected chi connectivity index (χ4v) is 3.13. The van der Waals surface area contributed by atoms with E-state index in [-0.39, 0.29) is 5.91 Å². The van der Waals surface area contributed by atoms with Crippen molar-refractivity contribution in [1.29, 1.82) is 0 Å². The van der Waals surface area contributed by atoms with Crippen LogP contribution >= 0.6 is 0 Å². The third-order valence-corrected chi connectivity index (χ3v) is 5.18. The average molecular weight is 405 g/mol. The van der Waals surface area contributed by atoms with Gasteiger partial charge in [0.15, 0.2) is 0 Å². The van der Waals surface area contributed by atoms with Crippen LogP contribution in [0.4, 0.5) is 11.4 Å². The summed E-state index contributed by atoms with van der Waals surface area (Å²) >= 11 is 0. The molecule has 1 aliphatic heterocycles. The summed E-state index contributed by atoms with van der Waals surface area (Å²) in [5.74, 6) is -0.781. The van der Waals surface area contributed by atoms with Gasteiger partial charge in [0.25, 0.3) is 0 Å². The maximum absolute atomic E-state index is 12.5. The minimum atomic E-state index is -0.896. The molecule has 0 saturated carbocycles. The normalized spacial score (nSPS) is 15.6. The highest BCUT2D eigenvalue weighted by Crippen LogP contribution is 2.20. The van der Waals surface area contributed by atoms with E-state index in [1.807, 2.05) is 50.1 Å². The number of anilines is 2. The Bertz CT molecular complexity index is 612. The molecule has 1 saturated heterocycles. The number of unbranched alkanes of at least 4 members (excludes halogenated alkanes) is 1. The van der Waals surface area contributed by atoms with E-state index in [2.05, 4.69) is 29.0 Å². The van der Waals surface area contributed by atoms with Crippen molar-refractivity contribution in [2.75, 3.05) is 50.0 Å². The molecule has 6 heteroatoms. The Hall–Kier alpha value is -2.05. The van der Waals surface area contributed by atoms with E-state index in [4.69, 9.17) is 0 Å². The van der Waals surface area contributed by atoms with Crippen LogP contribution < -0.4 is 15.5 Å². The van der Waals surface area contributed by atoms with E-state index < -0.39 is 12.0 Å². The Kier molecular flexibility index (Phi) is 11.4.